The van der Waals surface area contributed by atoms with Gasteiger partial charge >= 0.3 is 33.4 Å². The zero-order valence-electron chi connectivity index (χ0n) is 17.9. The monoisotopic (exact) mass is 581 g/mol. The Kier molecular flexibility index (Phi) is 7.40. The van der Waals surface area contributed by atoms with Crippen LogP contribution in [0, 0.1) is 5.82 Å². The fourth-order valence-corrected chi connectivity index (χ4v) is 8.61. The molecule has 0 amide bonds. The molecular formula is C22H15F10O3S2+. The first-order chi connectivity index (χ1) is 16.9. The van der Waals surface area contributed by atoms with Crippen LogP contribution in [0.3, 0.4) is 0 Å². The van der Waals surface area contributed by atoms with E-state index in [4.69, 9.17) is 0 Å². The molecule has 0 saturated carbocycles. The predicted molar refractivity (Wildman–Crippen MR) is 114 cm³/mol. The van der Waals surface area contributed by atoms with Crippen molar-refractivity contribution >= 4 is 20.4 Å². The Labute approximate surface area is 205 Å². The molecule has 0 aromatic heterocycles. The number of halogens is 10. The van der Waals surface area contributed by atoms with Crippen LogP contribution in [0.1, 0.15) is 0 Å². The minimum absolute atomic E-state index is 0.210. The van der Waals surface area contributed by atoms with E-state index in [9.17, 15) is 52.3 Å². The normalized spacial score (nSPS) is 14.4. The van der Waals surface area contributed by atoms with Crippen LogP contribution in [0.25, 0.3) is 0 Å². The van der Waals surface area contributed by atoms with Gasteiger partial charge in [-0.2, -0.15) is 39.5 Å². The van der Waals surface area contributed by atoms with Gasteiger partial charge in [0.25, 0.3) is 0 Å². The third kappa shape index (κ3) is 4.68. The molecule has 3 rings (SSSR count). The number of hydrogen-bond donors (Lipinski definition) is 0. The molecule has 202 valence electrons. The minimum atomic E-state index is -7.46. The highest BCUT2D eigenvalue weighted by atomic mass is 32.3. The van der Waals surface area contributed by atoms with E-state index >= 15 is 0 Å². The van der Waals surface area contributed by atoms with Gasteiger partial charge in [0.15, 0.2) is 0 Å². The maximum Gasteiger partial charge on any atom is 0.486 e. The average Bonchev–Trinajstić information content (AvgIpc) is 2.83. The van der Waals surface area contributed by atoms with Gasteiger partial charge in [-0.25, -0.2) is 4.39 Å². The third-order valence-electron chi connectivity index (χ3n) is 4.97. The van der Waals surface area contributed by atoms with Crippen molar-refractivity contribution in [2.75, 3.05) is 0 Å². The SMILES string of the molecule is O=S(=O)([OH+]S(c1ccccc1)(c1ccccc1)c1ccc(F)cc1)C(F)(F)C(F)(F)C(F)(F)C(F)(F)F. The van der Waals surface area contributed by atoms with Gasteiger partial charge in [0.05, 0.1) is 25.0 Å². The Morgan fingerprint density at radius 1 is 0.541 bits per heavy atom. The van der Waals surface area contributed by atoms with Crippen LogP contribution in [-0.4, -0.2) is 35.3 Å². The molecule has 3 aromatic rings. The first kappa shape index (κ1) is 28.8. The van der Waals surface area contributed by atoms with Crippen molar-refractivity contribution < 1.29 is 56.0 Å². The Morgan fingerprint density at radius 2 is 0.919 bits per heavy atom. The Morgan fingerprint density at radius 3 is 1.30 bits per heavy atom. The molecule has 0 radical (unpaired) electrons. The number of rotatable bonds is 8. The molecule has 1 N–H and O–H groups in total. The zero-order chi connectivity index (χ0) is 27.9. The first-order valence-corrected chi connectivity index (χ1v) is 12.8. The lowest BCUT2D eigenvalue weighted by Gasteiger charge is -2.37. The highest BCUT2D eigenvalue weighted by Crippen LogP contribution is 2.69. The lowest BCUT2D eigenvalue weighted by atomic mass is 10.1. The molecule has 0 heterocycles. The summed E-state index contributed by atoms with van der Waals surface area (Å²) in [6, 6.07) is 16.0. The summed E-state index contributed by atoms with van der Waals surface area (Å²) in [5.41, 5.74) is 0. The van der Waals surface area contributed by atoms with Crippen LogP contribution in [0.5, 0.6) is 0 Å². The van der Waals surface area contributed by atoms with Crippen molar-refractivity contribution in [3.63, 3.8) is 0 Å². The van der Waals surface area contributed by atoms with Gasteiger partial charge in [-0.05, 0) is 48.5 Å². The summed E-state index contributed by atoms with van der Waals surface area (Å²) in [6.07, 6.45) is -7.23. The quantitative estimate of drug-likeness (QED) is 0.154. The van der Waals surface area contributed by atoms with Gasteiger partial charge in [-0.3, -0.25) is 3.63 Å². The standard InChI is InChI=1S/C22H14F10O3S2/c23-15-11-13-18(14-12-15)36(16-7-3-1-4-8-16,17-9-5-2-6-10-17)35-37(33,34)22(31,32)20(26,27)19(24,25)21(28,29)30/h1-14H/p+1. The molecule has 0 aliphatic heterocycles. The van der Waals surface area contributed by atoms with E-state index in [1.54, 1.807) is 0 Å². The van der Waals surface area contributed by atoms with Crippen molar-refractivity contribution in [3.8, 4) is 0 Å². The van der Waals surface area contributed by atoms with Crippen molar-refractivity contribution in [2.24, 2.45) is 0 Å². The molecule has 0 bridgehead atoms. The molecule has 37 heavy (non-hydrogen) atoms. The second kappa shape index (κ2) is 9.51. The summed E-state index contributed by atoms with van der Waals surface area (Å²) in [7, 11) is -11.2. The lowest BCUT2D eigenvalue weighted by Crippen LogP contribution is -2.63. The summed E-state index contributed by atoms with van der Waals surface area (Å²) in [5, 5.41) is -7.03. The lowest BCUT2D eigenvalue weighted by molar-refractivity contribution is -0.382. The van der Waals surface area contributed by atoms with Gasteiger partial charge in [0.2, 0.25) is 0 Å². The fourth-order valence-electron chi connectivity index (χ4n) is 3.12. The molecule has 3 aromatic carbocycles. The van der Waals surface area contributed by atoms with Crippen LogP contribution in [0.2, 0.25) is 0 Å². The maximum atomic E-state index is 14.7. The van der Waals surface area contributed by atoms with E-state index in [1.807, 2.05) is 0 Å². The summed E-state index contributed by atoms with van der Waals surface area (Å²) < 4.78 is 164. The van der Waals surface area contributed by atoms with Gasteiger partial charge < -0.3 is 0 Å². The average molecular weight is 581 g/mol. The number of alkyl halides is 9. The molecule has 0 fully saturated rings. The van der Waals surface area contributed by atoms with Crippen molar-refractivity contribution in [3.05, 3.63) is 90.7 Å². The van der Waals surface area contributed by atoms with E-state index in [0.29, 0.717) is 0 Å². The van der Waals surface area contributed by atoms with Gasteiger partial charge in [0.1, 0.15) is 5.82 Å². The zero-order valence-corrected chi connectivity index (χ0v) is 19.6. The van der Waals surface area contributed by atoms with Gasteiger partial charge in [-0.15, -0.1) is 8.42 Å². The highest BCUT2D eigenvalue weighted by Gasteiger charge is 2.88. The molecule has 0 atom stereocenters. The largest absolute Gasteiger partial charge is 0.486 e. The van der Waals surface area contributed by atoms with E-state index in [2.05, 4.69) is 3.63 Å². The summed E-state index contributed by atoms with van der Waals surface area (Å²) in [6.45, 7) is 0. The van der Waals surface area contributed by atoms with Gasteiger partial charge in [0, 0.05) is 0 Å². The second-order valence-corrected chi connectivity index (χ2v) is 12.0. The highest BCUT2D eigenvalue weighted by molar-refractivity contribution is 8.32. The van der Waals surface area contributed by atoms with Crippen molar-refractivity contribution in [1.29, 1.82) is 0 Å². The van der Waals surface area contributed by atoms with E-state index < -0.39 is 49.5 Å². The van der Waals surface area contributed by atoms with E-state index in [-0.39, 0.29) is 14.7 Å². The van der Waals surface area contributed by atoms with E-state index in [1.165, 1.54) is 36.4 Å². The van der Waals surface area contributed by atoms with Crippen LogP contribution >= 0.6 is 10.3 Å². The third-order valence-corrected chi connectivity index (χ3v) is 10.4. The fraction of sp³-hybridized carbons (Fsp3) is 0.182. The molecule has 15 heteroatoms. The maximum absolute atomic E-state index is 14.7. The van der Waals surface area contributed by atoms with Gasteiger partial charge in [-0.1, -0.05) is 36.4 Å². The Bertz CT molecular complexity index is 1290. The summed E-state index contributed by atoms with van der Waals surface area (Å²) in [5.74, 6) is -15.8. The smallest absolute Gasteiger partial charge is 0.257 e. The second-order valence-electron chi connectivity index (χ2n) is 7.37. The molecule has 0 spiro atoms. The number of benzene rings is 3. The van der Waals surface area contributed by atoms with Crippen LogP contribution in [0.15, 0.2) is 99.6 Å². The summed E-state index contributed by atoms with van der Waals surface area (Å²) >= 11 is 0. The van der Waals surface area contributed by atoms with Crippen molar-refractivity contribution in [1.82, 2.24) is 0 Å². The van der Waals surface area contributed by atoms with Crippen LogP contribution in [-0.2, 0) is 10.1 Å². The number of hydrogen-bond acceptors (Lipinski definition) is 2. The Balaban J connectivity index is 2.34. The molecule has 0 saturated heterocycles. The molecule has 0 unspecified atom stereocenters. The molecular weight excluding hydrogens is 566 g/mol. The minimum Gasteiger partial charge on any atom is -0.257 e. The predicted octanol–water partition coefficient (Wildman–Crippen LogP) is 7.87. The van der Waals surface area contributed by atoms with E-state index in [0.717, 1.165) is 48.5 Å². The molecule has 0 aliphatic rings. The summed E-state index contributed by atoms with van der Waals surface area (Å²) in [4.78, 5) is -0.743. The first-order valence-electron chi connectivity index (χ1n) is 9.80. The van der Waals surface area contributed by atoms with Crippen LogP contribution in [0.4, 0.5) is 43.9 Å². The Hall–Kier alpha value is -2.78. The molecule has 3 nitrogen and oxygen atoms in total. The van der Waals surface area contributed by atoms with Crippen molar-refractivity contribution in [2.45, 2.75) is 38.0 Å². The molecule has 0 aliphatic carbocycles. The topological polar surface area (TPSA) is 46.9 Å². The van der Waals surface area contributed by atoms with Crippen LogP contribution < -0.4 is 0 Å².